The van der Waals surface area contributed by atoms with Crippen molar-refractivity contribution in [3.8, 4) is 11.5 Å². The smallest absolute Gasteiger partial charge is 0.259 e. The molecule has 3 aromatic rings. The van der Waals surface area contributed by atoms with Gasteiger partial charge in [0.25, 0.3) is 5.91 Å². The number of anilines is 1. The van der Waals surface area contributed by atoms with Crippen LogP contribution in [0, 0.1) is 0 Å². The van der Waals surface area contributed by atoms with E-state index in [4.69, 9.17) is 32.7 Å². The third kappa shape index (κ3) is 5.16. The van der Waals surface area contributed by atoms with Gasteiger partial charge < -0.3 is 14.8 Å². The van der Waals surface area contributed by atoms with Crippen molar-refractivity contribution >= 4 is 34.8 Å². The zero-order chi connectivity index (χ0) is 19.1. The van der Waals surface area contributed by atoms with E-state index >= 15 is 0 Å². The van der Waals surface area contributed by atoms with Gasteiger partial charge in [0.2, 0.25) is 0 Å². The highest BCUT2D eigenvalue weighted by atomic mass is 35.5. The summed E-state index contributed by atoms with van der Waals surface area (Å²) >= 11 is 12.1. The molecule has 6 heteroatoms. The SMILES string of the molecule is O=C(Nc1ccccc1)c1ccccc1OCCOc1c(Cl)cccc1Cl. The van der Waals surface area contributed by atoms with E-state index in [1.54, 1.807) is 42.5 Å². The summed E-state index contributed by atoms with van der Waals surface area (Å²) in [5, 5.41) is 3.72. The topological polar surface area (TPSA) is 47.6 Å². The van der Waals surface area contributed by atoms with E-state index in [0.29, 0.717) is 32.8 Å². The molecule has 3 aromatic carbocycles. The lowest BCUT2D eigenvalue weighted by Gasteiger charge is -2.13. The fourth-order valence-electron chi connectivity index (χ4n) is 2.42. The summed E-state index contributed by atoms with van der Waals surface area (Å²) < 4.78 is 11.3. The van der Waals surface area contributed by atoms with Crippen molar-refractivity contribution in [1.29, 1.82) is 0 Å². The Morgan fingerprint density at radius 1 is 0.778 bits per heavy atom. The maximum absolute atomic E-state index is 12.5. The summed E-state index contributed by atoms with van der Waals surface area (Å²) in [6.07, 6.45) is 0. The number of ether oxygens (including phenoxy) is 2. The van der Waals surface area contributed by atoms with Gasteiger partial charge in [-0.3, -0.25) is 4.79 Å². The number of benzene rings is 3. The Morgan fingerprint density at radius 3 is 2.15 bits per heavy atom. The molecule has 0 fully saturated rings. The van der Waals surface area contributed by atoms with Crippen molar-refractivity contribution in [2.75, 3.05) is 18.5 Å². The number of para-hydroxylation sites is 3. The normalized spacial score (nSPS) is 10.3. The molecule has 27 heavy (non-hydrogen) atoms. The largest absolute Gasteiger partial charge is 0.489 e. The standard InChI is InChI=1S/C21H17Cl2NO3/c22-17-10-6-11-18(23)20(17)27-14-13-26-19-12-5-4-9-16(19)21(25)24-15-7-2-1-3-8-15/h1-12H,13-14H2,(H,24,25). The summed E-state index contributed by atoms with van der Waals surface area (Å²) in [6.45, 7) is 0.468. The number of amides is 1. The Kier molecular flexibility index (Phi) is 6.58. The molecule has 0 radical (unpaired) electrons. The second-order valence-corrected chi connectivity index (χ2v) is 6.38. The summed E-state index contributed by atoms with van der Waals surface area (Å²) in [5.41, 5.74) is 1.16. The molecule has 0 aromatic heterocycles. The highest BCUT2D eigenvalue weighted by Crippen LogP contribution is 2.32. The van der Waals surface area contributed by atoms with E-state index in [1.165, 1.54) is 0 Å². The minimum atomic E-state index is -0.244. The number of rotatable bonds is 7. The molecule has 0 saturated carbocycles. The Bertz CT molecular complexity index is 896. The fourth-order valence-corrected chi connectivity index (χ4v) is 2.92. The van der Waals surface area contributed by atoms with Gasteiger partial charge in [-0.1, -0.05) is 59.6 Å². The van der Waals surface area contributed by atoms with Crippen LogP contribution < -0.4 is 14.8 Å². The van der Waals surface area contributed by atoms with Crippen LogP contribution in [-0.2, 0) is 0 Å². The van der Waals surface area contributed by atoms with Crippen LogP contribution in [0.4, 0.5) is 5.69 Å². The average Bonchev–Trinajstić information content (AvgIpc) is 2.68. The van der Waals surface area contributed by atoms with Crippen LogP contribution >= 0.6 is 23.2 Å². The van der Waals surface area contributed by atoms with Crippen molar-refractivity contribution in [1.82, 2.24) is 0 Å². The highest BCUT2D eigenvalue weighted by Gasteiger charge is 2.13. The van der Waals surface area contributed by atoms with Crippen LogP contribution in [0.15, 0.2) is 72.8 Å². The third-order valence-electron chi connectivity index (χ3n) is 3.67. The number of carbonyl (C=O) groups excluding carboxylic acids is 1. The first-order valence-corrected chi connectivity index (χ1v) is 9.06. The van der Waals surface area contributed by atoms with Crippen LogP contribution in [0.1, 0.15) is 10.4 Å². The van der Waals surface area contributed by atoms with E-state index in [9.17, 15) is 4.79 Å². The van der Waals surface area contributed by atoms with Gasteiger partial charge in [0.15, 0.2) is 5.75 Å². The number of halogens is 2. The van der Waals surface area contributed by atoms with E-state index in [2.05, 4.69) is 5.32 Å². The molecule has 138 valence electrons. The zero-order valence-corrected chi connectivity index (χ0v) is 15.8. The van der Waals surface area contributed by atoms with Gasteiger partial charge >= 0.3 is 0 Å². The first-order valence-electron chi connectivity index (χ1n) is 8.30. The van der Waals surface area contributed by atoms with Crippen LogP contribution in [0.2, 0.25) is 10.0 Å². The molecule has 3 rings (SSSR count). The zero-order valence-electron chi connectivity index (χ0n) is 14.3. The fraction of sp³-hybridized carbons (Fsp3) is 0.0952. The van der Waals surface area contributed by atoms with Crippen molar-refractivity contribution in [2.45, 2.75) is 0 Å². The molecule has 0 aliphatic rings. The summed E-state index contributed by atoms with van der Waals surface area (Å²) in [5.74, 6) is 0.645. The summed E-state index contributed by atoms with van der Waals surface area (Å²) in [7, 11) is 0. The van der Waals surface area contributed by atoms with Crippen LogP contribution in [-0.4, -0.2) is 19.1 Å². The maximum atomic E-state index is 12.5. The maximum Gasteiger partial charge on any atom is 0.259 e. The number of hydrogen-bond acceptors (Lipinski definition) is 3. The van der Waals surface area contributed by atoms with Gasteiger partial charge in [0.05, 0.1) is 15.6 Å². The second-order valence-electron chi connectivity index (χ2n) is 5.56. The van der Waals surface area contributed by atoms with E-state index in [-0.39, 0.29) is 19.1 Å². The molecule has 0 saturated heterocycles. The number of nitrogens with one attached hydrogen (secondary N) is 1. The monoisotopic (exact) mass is 401 g/mol. The van der Waals surface area contributed by atoms with Crippen molar-refractivity contribution in [3.63, 3.8) is 0 Å². The number of hydrogen-bond donors (Lipinski definition) is 1. The van der Waals surface area contributed by atoms with Gasteiger partial charge in [-0.15, -0.1) is 0 Å². The lowest BCUT2D eigenvalue weighted by molar-refractivity contribution is 0.102. The summed E-state index contributed by atoms with van der Waals surface area (Å²) in [4.78, 5) is 12.5. The summed E-state index contributed by atoms with van der Waals surface area (Å²) in [6, 6.07) is 21.4. The second kappa shape index (κ2) is 9.31. The van der Waals surface area contributed by atoms with Crippen molar-refractivity contribution in [2.24, 2.45) is 0 Å². The van der Waals surface area contributed by atoms with Gasteiger partial charge in [0.1, 0.15) is 19.0 Å². The van der Waals surface area contributed by atoms with Gasteiger partial charge in [0, 0.05) is 5.69 Å². The first kappa shape index (κ1) is 19.1. The van der Waals surface area contributed by atoms with Gasteiger partial charge in [-0.05, 0) is 36.4 Å². The predicted molar refractivity (Wildman–Crippen MR) is 108 cm³/mol. The molecule has 1 amide bonds. The Hall–Kier alpha value is -2.69. The Labute approximate surface area is 167 Å². The molecule has 4 nitrogen and oxygen atoms in total. The molecule has 0 unspecified atom stereocenters. The molecular weight excluding hydrogens is 385 g/mol. The quantitative estimate of drug-likeness (QED) is 0.516. The molecule has 0 heterocycles. The molecule has 0 spiro atoms. The van der Waals surface area contributed by atoms with Crippen LogP contribution in [0.5, 0.6) is 11.5 Å². The highest BCUT2D eigenvalue weighted by molar-refractivity contribution is 6.37. The average molecular weight is 402 g/mol. The number of carbonyl (C=O) groups is 1. The predicted octanol–water partition coefficient (Wildman–Crippen LogP) is 5.70. The van der Waals surface area contributed by atoms with E-state index in [1.807, 2.05) is 30.3 Å². The minimum absolute atomic E-state index is 0.233. The van der Waals surface area contributed by atoms with Crippen LogP contribution in [0.25, 0.3) is 0 Å². The van der Waals surface area contributed by atoms with E-state index < -0.39 is 0 Å². The van der Waals surface area contributed by atoms with Crippen molar-refractivity contribution in [3.05, 3.63) is 88.4 Å². The Morgan fingerprint density at radius 2 is 1.41 bits per heavy atom. The van der Waals surface area contributed by atoms with Crippen LogP contribution in [0.3, 0.4) is 0 Å². The minimum Gasteiger partial charge on any atom is -0.489 e. The van der Waals surface area contributed by atoms with Gasteiger partial charge in [-0.25, -0.2) is 0 Å². The Balaban J connectivity index is 1.60. The lowest BCUT2D eigenvalue weighted by Crippen LogP contribution is -2.15. The van der Waals surface area contributed by atoms with Gasteiger partial charge in [-0.2, -0.15) is 0 Å². The van der Waals surface area contributed by atoms with Crippen molar-refractivity contribution < 1.29 is 14.3 Å². The third-order valence-corrected chi connectivity index (χ3v) is 4.26. The molecule has 1 N–H and O–H groups in total. The molecule has 0 aliphatic heterocycles. The first-order chi connectivity index (χ1) is 13.1. The molecular formula is C21H17Cl2NO3. The lowest BCUT2D eigenvalue weighted by atomic mass is 10.2. The molecule has 0 atom stereocenters. The molecule has 0 bridgehead atoms. The van der Waals surface area contributed by atoms with E-state index in [0.717, 1.165) is 0 Å². The molecule has 0 aliphatic carbocycles.